The quantitative estimate of drug-likeness (QED) is 0.815. The van der Waals surface area contributed by atoms with Gasteiger partial charge in [-0.05, 0) is 45.4 Å². The first-order valence-electron chi connectivity index (χ1n) is 7.15. The normalized spacial score (nSPS) is 29.4. The molecule has 2 saturated carbocycles. The Morgan fingerprint density at radius 3 is 2.41 bits per heavy atom. The number of hydrogen-bond donors (Lipinski definition) is 1. The molecule has 0 aromatic heterocycles. The molecule has 0 heterocycles. The van der Waals surface area contributed by atoms with Crippen LogP contribution in [0.2, 0.25) is 0 Å². The lowest BCUT2D eigenvalue weighted by Gasteiger charge is -2.35. The molecule has 1 amide bonds. The van der Waals surface area contributed by atoms with Crippen LogP contribution in [0.25, 0.3) is 0 Å². The summed E-state index contributed by atoms with van der Waals surface area (Å²) < 4.78 is 0. The Morgan fingerprint density at radius 2 is 1.88 bits per heavy atom. The van der Waals surface area contributed by atoms with Crippen LogP contribution >= 0.6 is 0 Å². The summed E-state index contributed by atoms with van der Waals surface area (Å²) in [6.45, 7) is 5.20. The molecule has 0 radical (unpaired) electrons. The molecule has 3 heteroatoms. The fourth-order valence-corrected chi connectivity index (χ4v) is 2.81. The molecule has 0 aliphatic heterocycles. The van der Waals surface area contributed by atoms with Gasteiger partial charge in [0.15, 0.2) is 0 Å². The Kier molecular flexibility index (Phi) is 4.08. The van der Waals surface area contributed by atoms with Crippen molar-refractivity contribution >= 4 is 5.91 Å². The molecule has 0 spiro atoms. The van der Waals surface area contributed by atoms with E-state index in [-0.39, 0.29) is 12.0 Å². The lowest BCUT2D eigenvalue weighted by molar-refractivity contribution is -0.139. The van der Waals surface area contributed by atoms with Crippen molar-refractivity contribution in [1.29, 1.82) is 0 Å². The summed E-state index contributed by atoms with van der Waals surface area (Å²) in [6.07, 6.45) is 6.97. The van der Waals surface area contributed by atoms with Crippen LogP contribution in [0.1, 0.15) is 52.4 Å². The van der Waals surface area contributed by atoms with Gasteiger partial charge in [-0.25, -0.2) is 0 Å². The number of nitrogens with two attached hydrogens (primary N) is 1. The van der Waals surface area contributed by atoms with E-state index in [1.54, 1.807) is 0 Å². The van der Waals surface area contributed by atoms with Crippen molar-refractivity contribution in [3.8, 4) is 0 Å². The van der Waals surface area contributed by atoms with E-state index in [1.807, 2.05) is 0 Å². The highest BCUT2D eigenvalue weighted by Crippen LogP contribution is 2.32. The SMILES string of the molecule is CC(C)N(CC1CC1)C(=O)C1CCCCC1N. The highest BCUT2D eigenvalue weighted by atomic mass is 16.2. The van der Waals surface area contributed by atoms with E-state index in [1.165, 1.54) is 25.7 Å². The molecule has 2 fully saturated rings. The molecule has 3 nitrogen and oxygen atoms in total. The zero-order chi connectivity index (χ0) is 12.4. The Hall–Kier alpha value is -0.570. The van der Waals surface area contributed by atoms with E-state index >= 15 is 0 Å². The molecule has 0 saturated heterocycles. The van der Waals surface area contributed by atoms with Crippen LogP contribution in [-0.2, 0) is 4.79 Å². The second-order valence-electron chi connectivity index (χ2n) is 6.08. The lowest BCUT2D eigenvalue weighted by Crippen LogP contribution is -2.48. The van der Waals surface area contributed by atoms with Gasteiger partial charge in [0.2, 0.25) is 5.91 Å². The maximum Gasteiger partial charge on any atom is 0.227 e. The van der Waals surface area contributed by atoms with Gasteiger partial charge >= 0.3 is 0 Å². The lowest BCUT2D eigenvalue weighted by atomic mass is 9.84. The average Bonchev–Trinajstić information content (AvgIpc) is 3.09. The van der Waals surface area contributed by atoms with Gasteiger partial charge in [-0.1, -0.05) is 12.8 Å². The van der Waals surface area contributed by atoms with Gasteiger partial charge in [0.1, 0.15) is 0 Å². The third kappa shape index (κ3) is 3.21. The van der Waals surface area contributed by atoms with Gasteiger partial charge in [-0.3, -0.25) is 4.79 Å². The number of carbonyl (C=O) groups is 1. The minimum atomic E-state index is 0.0879. The number of carbonyl (C=O) groups excluding carboxylic acids is 1. The van der Waals surface area contributed by atoms with Gasteiger partial charge in [-0.2, -0.15) is 0 Å². The van der Waals surface area contributed by atoms with Gasteiger partial charge < -0.3 is 10.6 Å². The van der Waals surface area contributed by atoms with Crippen LogP contribution in [-0.4, -0.2) is 29.4 Å². The van der Waals surface area contributed by atoms with Crippen LogP contribution in [0.15, 0.2) is 0 Å². The maximum absolute atomic E-state index is 12.6. The predicted molar refractivity (Wildman–Crippen MR) is 69.5 cm³/mol. The van der Waals surface area contributed by atoms with E-state index in [0.29, 0.717) is 11.9 Å². The monoisotopic (exact) mass is 238 g/mol. The standard InChI is InChI=1S/C14H26N2O/c1-10(2)16(9-11-7-8-11)14(17)12-5-3-4-6-13(12)15/h10-13H,3-9,15H2,1-2H3. The first-order chi connectivity index (χ1) is 8.09. The summed E-state index contributed by atoms with van der Waals surface area (Å²) in [4.78, 5) is 14.6. The molecular weight excluding hydrogens is 212 g/mol. The maximum atomic E-state index is 12.6. The zero-order valence-corrected chi connectivity index (χ0v) is 11.2. The second-order valence-corrected chi connectivity index (χ2v) is 6.08. The molecule has 0 aromatic carbocycles. The Labute approximate surface area is 105 Å². The highest BCUT2D eigenvalue weighted by Gasteiger charge is 2.35. The van der Waals surface area contributed by atoms with Gasteiger partial charge in [-0.15, -0.1) is 0 Å². The molecule has 98 valence electrons. The summed E-state index contributed by atoms with van der Waals surface area (Å²) in [5.74, 6) is 1.17. The summed E-state index contributed by atoms with van der Waals surface area (Å²) in [6, 6.07) is 0.411. The third-order valence-corrected chi connectivity index (χ3v) is 4.19. The Morgan fingerprint density at radius 1 is 1.24 bits per heavy atom. The van der Waals surface area contributed by atoms with Gasteiger partial charge in [0.05, 0.1) is 5.92 Å². The average molecular weight is 238 g/mol. The van der Waals surface area contributed by atoms with Crippen molar-refractivity contribution in [3.63, 3.8) is 0 Å². The minimum absolute atomic E-state index is 0.0879. The van der Waals surface area contributed by atoms with Gasteiger partial charge in [0, 0.05) is 18.6 Å². The second kappa shape index (κ2) is 5.38. The van der Waals surface area contributed by atoms with Crippen molar-refractivity contribution in [2.24, 2.45) is 17.6 Å². The molecule has 2 N–H and O–H groups in total. The first-order valence-corrected chi connectivity index (χ1v) is 7.15. The molecule has 2 rings (SSSR count). The number of hydrogen-bond acceptors (Lipinski definition) is 2. The Balaban J connectivity index is 1.98. The van der Waals surface area contributed by atoms with E-state index in [0.717, 1.165) is 25.3 Å². The van der Waals surface area contributed by atoms with E-state index in [9.17, 15) is 4.79 Å². The third-order valence-electron chi connectivity index (χ3n) is 4.19. The molecular formula is C14H26N2O. The van der Waals surface area contributed by atoms with Crippen LogP contribution < -0.4 is 5.73 Å². The highest BCUT2D eigenvalue weighted by molar-refractivity contribution is 5.80. The largest absolute Gasteiger partial charge is 0.340 e. The van der Waals surface area contributed by atoms with Crippen LogP contribution in [0.3, 0.4) is 0 Å². The fraction of sp³-hybridized carbons (Fsp3) is 0.929. The Bertz CT molecular complexity index is 273. The predicted octanol–water partition coefficient (Wildman–Crippen LogP) is 2.15. The number of amides is 1. The molecule has 2 aliphatic rings. The zero-order valence-electron chi connectivity index (χ0n) is 11.2. The number of nitrogens with zero attached hydrogens (tertiary/aromatic N) is 1. The van der Waals surface area contributed by atoms with E-state index in [2.05, 4.69) is 18.7 Å². The first kappa shape index (κ1) is 12.9. The van der Waals surface area contributed by atoms with Crippen LogP contribution in [0.4, 0.5) is 0 Å². The molecule has 0 bridgehead atoms. The van der Waals surface area contributed by atoms with E-state index < -0.39 is 0 Å². The fourth-order valence-electron chi connectivity index (χ4n) is 2.81. The van der Waals surface area contributed by atoms with Gasteiger partial charge in [0.25, 0.3) is 0 Å². The smallest absolute Gasteiger partial charge is 0.227 e. The molecule has 2 unspecified atom stereocenters. The topological polar surface area (TPSA) is 46.3 Å². The van der Waals surface area contributed by atoms with Crippen molar-refractivity contribution in [2.75, 3.05) is 6.54 Å². The number of rotatable bonds is 4. The van der Waals surface area contributed by atoms with Crippen LogP contribution in [0.5, 0.6) is 0 Å². The van der Waals surface area contributed by atoms with E-state index in [4.69, 9.17) is 5.73 Å². The van der Waals surface area contributed by atoms with Crippen molar-refractivity contribution in [2.45, 2.75) is 64.5 Å². The molecule has 2 aliphatic carbocycles. The van der Waals surface area contributed by atoms with Crippen molar-refractivity contribution < 1.29 is 4.79 Å². The summed E-state index contributed by atoms with van der Waals surface area (Å²) in [7, 11) is 0. The summed E-state index contributed by atoms with van der Waals surface area (Å²) in [5, 5.41) is 0. The van der Waals surface area contributed by atoms with Crippen LogP contribution in [0, 0.1) is 11.8 Å². The van der Waals surface area contributed by atoms with Crippen molar-refractivity contribution in [1.82, 2.24) is 4.90 Å². The molecule has 2 atom stereocenters. The molecule has 0 aromatic rings. The summed E-state index contributed by atoms with van der Waals surface area (Å²) in [5.41, 5.74) is 6.12. The molecule has 17 heavy (non-hydrogen) atoms. The van der Waals surface area contributed by atoms with Crippen molar-refractivity contribution in [3.05, 3.63) is 0 Å². The summed E-state index contributed by atoms with van der Waals surface area (Å²) >= 11 is 0. The minimum Gasteiger partial charge on any atom is -0.340 e.